The van der Waals surface area contributed by atoms with Gasteiger partial charge in [0.2, 0.25) is 5.91 Å². The van der Waals surface area contributed by atoms with Gasteiger partial charge in [0.15, 0.2) is 0 Å². The van der Waals surface area contributed by atoms with Crippen LogP contribution in [0, 0.1) is 5.92 Å². The zero-order valence-electron chi connectivity index (χ0n) is 12.0. The van der Waals surface area contributed by atoms with Crippen LogP contribution in [0.3, 0.4) is 0 Å². The van der Waals surface area contributed by atoms with Crippen LogP contribution in [0.4, 0.5) is 5.82 Å². The minimum absolute atomic E-state index is 0.0903. The lowest BCUT2D eigenvalue weighted by Crippen LogP contribution is -2.40. The van der Waals surface area contributed by atoms with Gasteiger partial charge in [0.1, 0.15) is 5.82 Å². The number of nitrogens with one attached hydrogen (secondary N) is 1. The van der Waals surface area contributed by atoms with Crippen LogP contribution in [0.15, 0.2) is 18.3 Å². The number of nitrogens with two attached hydrogens (primary N) is 1. The summed E-state index contributed by atoms with van der Waals surface area (Å²) in [6, 6.07) is 4.03. The molecule has 3 rings (SSSR count). The van der Waals surface area contributed by atoms with E-state index in [0.29, 0.717) is 5.02 Å². The lowest BCUT2D eigenvalue weighted by atomic mass is 10.1. The number of carbonyl (C=O) groups excluding carboxylic acids is 1. The summed E-state index contributed by atoms with van der Waals surface area (Å²) < 4.78 is 0. The van der Waals surface area contributed by atoms with E-state index in [1.54, 1.807) is 6.20 Å². The largest absolute Gasteiger partial charge is 0.353 e. The molecule has 2 aliphatic rings. The first-order chi connectivity index (χ1) is 10.1. The molecule has 0 radical (unpaired) electrons. The Morgan fingerprint density at radius 1 is 1.43 bits per heavy atom. The lowest BCUT2D eigenvalue weighted by molar-refractivity contribution is -0.125. The van der Waals surface area contributed by atoms with Gasteiger partial charge in [-0.1, -0.05) is 11.6 Å². The molecule has 1 aliphatic carbocycles. The Morgan fingerprint density at radius 3 is 3.00 bits per heavy atom. The molecule has 5 nitrogen and oxygen atoms in total. The highest BCUT2D eigenvalue weighted by Gasteiger charge is 2.31. The van der Waals surface area contributed by atoms with E-state index in [-0.39, 0.29) is 23.9 Å². The predicted octanol–water partition coefficient (Wildman–Crippen LogP) is 1.56. The number of anilines is 1. The van der Waals surface area contributed by atoms with Gasteiger partial charge in [-0.05, 0) is 37.8 Å². The van der Waals surface area contributed by atoms with Crippen LogP contribution in [-0.2, 0) is 4.79 Å². The molecule has 2 fully saturated rings. The minimum Gasteiger partial charge on any atom is -0.353 e. The fourth-order valence-corrected chi connectivity index (χ4v) is 3.50. The fourth-order valence-electron chi connectivity index (χ4n) is 3.25. The first kappa shape index (κ1) is 14.6. The van der Waals surface area contributed by atoms with Crippen molar-refractivity contribution in [1.29, 1.82) is 0 Å². The summed E-state index contributed by atoms with van der Waals surface area (Å²) in [6.07, 6.45) is 5.35. The lowest BCUT2D eigenvalue weighted by Gasteiger charge is -2.20. The molecule has 1 saturated heterocycles. The van der Waals surface area contributed by atoms with Gasteiger partial charge in [0.25, 0.3) is 0 Å². The van der Waals surface area contributed by atoms with Crippen LogP contribution in [0.1, 0.15) is 25.7 Å². The zero-order chi connectivity index (χ0) is 14.8. The second-order valence-corrected chi connectivity index (χ2v) is 6.43. The maximum atomic E-state index is 12.2. The molecular weight excluding hydrogens is 288 g/mol. The number of aromatic nitrogens is 1. The average Bonchev–Trinajstić information content (AvgIpc) is 3.08. The molecule has 6 heteroatoms. The second kappa shape index (κ2) is 6.20. The van der Waals surface area contributed by atoms with Gasteiger partial charge in [-0.3, -0.25) is 4.79 Å². The van der Waals surface area contributed by atoms with E-state index in [0.717, 1.165) is 44.6 Å². The number of hydrogen-bond donors (Lipinski definition) is 2. The summed E-state index contributed by atoms with van der Waals surface area (Å²) in [6.45, 7) is 1.63. The van der Waals surface area contributed by atoms with Crippen molar-refractivity contribution in [2.45, 2.75) is 37.8 Å². The molecule has 1 aromatic heterocycles. The molecule has 0 spiro atoms. The van der Waals surface area contributed by atoms with Crippen molar-refractivity contribution in [3.8, 4) is 0 Å². The number of halogens is 1. The van der Waals surface area contributed by atoms with Gasteiger partial charge < -0.3 is 16.0 Å². The van der Waals surface area contributed by atoms with Crippen LogP contribution < -0.4 is 16.0 Å². The summed E-state index contributed by atoms with van der Waals surface area (Å²) in [5, 5.41) is 3.81. The molecule has 3 unspecified atom stereocenters. The number of nitrogens with zero attached hydrogens (tertiary/aromatic N) is 2. The number of carbonyl (C=O) groups is 1. The van der Waals surface area contributed by atoms with Crippen LogP contribution in [-0.4, -0.2) is 36.1 Å². The smallest absolute Gasteiger partial charge is 0.223 e. The van der Waals surface area contributed by atoms with Crippen LogP contribution >= 0.6 is 11.6 Å². The fraction of sp³-hybridized carbons (Fsp3) is 0.600. The van der Waals surface area contributed by atoms with E-state index < -0.39 is 0 Å². The summed E-state index contributed by atoms with van der Waals surface area (Å²) in [5.41, 5.74) is 5.87. The van der Waals surface area contributed by atoms with E-state index in [9.17, 15) is 4.79 Å². The predicted molar refractivity (Wildman–Crippen MR) is 83.3 cm³/mol. The second-order valence-electron chi connectivity index (χ2n) is 6.02. The maximum absolute atomic E-state index is 12.2. The topological polar surface area (TPSA) is 71.2 Å². The van der Waals surface area contributed by atoms with Crippen molar-refractivity contribution in [2.75, 3.05) is 18.0 Å². The minimum atomic E-state index is 0.0903. The highest BCUT2D eigenvalue weighted by atomic mass is 35.5. The average molecular weight is 309 g/mol. The monoisotopic (exact) mass is 308 g/mol. The van der Waals surface area contributed by atoms with E-state index in [1.165, 1.54) is 0 Å². The molecule has 2 heterocycles. The molecule has 0 bridgehead atoms. The van der Waals surface area contributed by atoms with Crippen LogP contribution in [0.2, 0.25) is 5.02 Å². The summed E-state index contributed by atoms with van der Waals surface area (Å²) in [5.74, 6) is 1.05. The Hall–Kier alpha value is -1.33. The number of amides is 1. The SMILES string of the molecule is NC1CCC(C(=O)NC2CCN(c3ncccc3Cl)C2)C1. The Balaban J connectivity index is 1.55. The zero-order valence-corrected chi connectivity index (χ0v) is 12.7. The Kier molecular flexibility index (Phi) is 4.31. The number of hydrogen-bond acceptors (Lipinski definition) is 4. The first-order valence-corrected chi connectivity index (χ1v) is 7.92. The molecule has 3 atom stereocenters. The molecule has 3 N–H and O–H groups in total. The Bertz CT molecular complexity index is 524. The van der Waals surface area contributed by atoms with Crippen molar-refractivity contribution in [3.05, 3.63) is 23.4 Å². The number of pyridine rings is 1. The highest BCUT2D eigenvalue weighted by Crippen LogP contribution is 2.27. The molecule has 0 aromatic carbocycles. The summed E-state index contributed by atoms with van der Waals surface area (Å²) in [4.78, 5) is 18.7. The van der Waals surface area contributed by atoms with Crippen molar-refractivity contribution >= 4 is 23.3 Å². The van der Waals surface area contributed by atoms with Crippen molar-refractivity contribution in [3.63, 3.8) is 0 Å². The van der Waals surface area contributed by atoms with Gasteiger partial charge in [-0.25, -0.2) is 4.98 Å². The number of rotatable bonds is 3. The molecule has 1 saturated carbocycles. The van der Waals surface area contributed by atoms with E-state index in [1.807, 2.05) is 12.1 Å². The molecule has 1 aromatic rings. The molecule has 1 aliphatic heterocycles. The normalized spacial score (nSPS) is 28.9. The van der Waals surface area contributed by atoms with Gasteiger partial charge in [-0.15, -0.1) is 0 Å². The maximum Gasteiger partial charge on any atom is 0.223 e. The van der Waals surface area contributed by atoms with E-state index >= 15 is 0 Å². The third kappa shape index (κ3) is 3.30. The van der Waals surface area contributed by atoms with Gasteiger partial charge in [0.05, 0.1) is 5.02 Å². The van der Waals surface area contributed by atoms with Crippen LogP contribution in [0.25, 0.3) is 0 Å². The third-order valence-electron chi connectivity index (χ3n) is 4.42. The van der Waals surface area contributed by atoms with Gasteiger partial charge in [-0.2, -0.15) is 0 Å². The standard InChI is InChI=1S/C15H21ClN4O/c16-13-2-1-6-18-14(13)20-7-5-12(9-20)19-15(21)10-3-4-11(17)8-10/h1-2,6,10-12H,3-5,7-9,17H2,(H,19,21). The Labute approximate surface area is 129 Å². The molecule has 1 amide bonds. The molecule has 114 valence electrons. The van der Waals surface area contributed by atoms with Crippen molar-refractivity contribution < 1.29 is 4.79 Å². The van der Waals surface area contributed by atoms with E-state index in [4.69, 9.17) is 17.3 Å². The molecular formula is C15H21ClN4O. The molecule has 21 heavy (non-hydrogen) atoms. The van der Waals surface area contributed by atoms with Crippen LogP contribution in [0.5, 0.6) is 0 Å². The quantitative estimate of drug-likeness (QED) is 0.889. The highest BCUT2D eigenvalue weighted by molar-refractivity contribution is 6.32. The first-order valence-electron chi connectivity index (χ1n) is 7.55. The summed E-state index contributed by atoms with van der Waals surface area (Å²) in [7, 11) is 0. The van der Waals surface area contributed by atoms with E-state index in [2.05, 4.69) is 15.2 Å². The van der Waals surface area contributed by atoms with Crippen molar-refractivity contribution in [1.82, 2.24) is 10.3 Å². The Morgan fingerprint density at radius 2 is 2.29 bits per heavy atom. The third-order valence-corrected chi connectivity index (χ3v) is 4.71. The van der Waals surface area contributed by atoms with Gasteiger partial charge >= 0.3 is 0 Å². The van der Waals surface area contributed by atoms with Gasteiger partial charge in [0, 0.05) is 37.3 Å². The summed E-state index contributed by atoms with van der Waals surface area (Å²) >= 11 is 6.17. The van der Waals surface area contributed by atoms with Crippen molar-refractivity contribution in [2.24, 2.45) is 11.7 Å².